The molecule has 6 heteroatoms. The lowest BCUT2D eigenvalue weighted by Gasteiger charge is -2.23. The summed E-state index contributed by atoms with van der Waals surface area (Å²) in [6.07, 6.45) is 6.96. The van der Waals surface area contributed by atoms with E-state index in [4.69, 9.17) is 19.2 Å². The Labute approximate surface area is 179 Å². The van der Waals surface area contributed by atoms with E-state index in [9.17, 15) is 0 Å². The molecule has 0 bridgehead atoms. The number of likely N-dealkylation sites (tertiary alicyclic amines) is 1. The number of benzene rings is 1. The van der Waals surface area contributed by atoms with Crippen LogP contribution < -0.4 is 14.8 Å². The Morgan fingerprint density at radius 2 is 1.93 bits per heavy atom. The molecule has 2 aliphatic rings. The summed E-state index contributed by atoms with van der Waals surface area (Å²) in [5, 5.41) is 4.37. The van der Waals surface area contributed by atoms with Gasteiger partial charge in [0, 0.05) is 38.3 Å². The van der Waals surface area contributed by atoms with Crippen LogP contribution in [0.4, 0.5) is 5.82 Å². The number of aromatic nitrogens is 1. The van der Waals surface area contributed by atoms with Gasteiger partial charge in [-0.25, -0.2) is 4.98 Å². The first kappa shape index (κ1) is 21.2. The quantitative estimate of drug-likeness (QED) is 0.624. The Balaban J connectivity index is 1.52. The standard InChI is InChI=1S/C24H35N3O3/c1-25-24-15-19(14-18-6-12-29-13-7-18)20-16-22(28-2)23(17-21(20)26-24)30-11-5-10-27-8-3-4-9-27/h15-18H,3-14H2,1-2H3,(H,25,26). The zero-order chi connectivity index (χ0) is 20.8. The number of hydrogen-bond acceptors (Lipinski definition) is 6. The zero-order valence-electron chi connectivity index (χ0n) is 18.4. The molecule has 4 rings (SSSR count). The first-order valence-corrected chi connectivity index (χ1v) is 11.4. The second-order valence-corrected chi connectivity index (χ2v) is 8.45. The van der Waals surface area contributed by atoms with E-state index in [0.717, 1.165) is 73.7 Å². The molecule has 0 unspecified atom stereocenters. The van der Waals surface area contributed by atoms with Crippen LogP contribution in [0.15, 0.2) is 18.2 Å². The largest absolute Gasteiger partial charge is 0.493 e. The lowest BCUT2D eigenvalue weighted by atomic mass is 9.91. The van der Waals surface area contributed by atoms with Crippen LogP contribution in [0.1, 0.15) is 37.7 Å². The van der Waals surface area contributed by atoms with E-state index in [1.54, 1.807) is 7.11 Å². The van der Waals surface area contributed by atoms with Crippen molar-refractivity contribution in [2.45, 2.75) is 38.5 Å². The van der Waals surface area contributed by atoms with Gasteiger partial charge in [0.2, 0.25) is 0 Å². The SMILES string of the molecule is CNc1cc(CC2CCOCC2)c2cc(OC)c(OCCCN3CCCC3)cc2n1. The maximum Gasteiger partial charge on any atom is 0.163 e. The van der Waals surface area contributed by atoms with Gasteiger partial charge in [0.1, 0.15) is 5.82 Å². The Morgan fingerprint density at radius 3 is 2.67 bits per heavy atom. The minimum Gasteiger partial charge on any atom is -0.493 e. The van der Waals surface area contributed by atoms with Crippen molar-refractivity contribution in [3.05, 3.63) is 23.8 Å². The predicted octanol–water partition coefficient (Wildman–Crippen LogP) is 4.12. The fraction of sp³-hybridized carbons (Fsp3) is 0.625. The lowest BCUT2D eigenvalue weighted by Crippen LogP contribution is -2.21. The Bertz CT molecular complexity index is 830. The topological polar surface area (TPSA) is 55.9 Å². The van der Waals surface area contributed by atoms with Crippen molar-refractivity contribution in [2.24, 2.45) is 5.92 Å². The van der Waals surface area contributed by atoms with Gasteiger partial charge in [0.25, 0.3) is 0 Å². The molecule has 3 heterocycles. The van der Waals surface area contributed by atoms with E-state index >= 15 is 0 Å². The van der Waals surface area contributed by atoms with Crippen molar-refractivity contribution in [1.29, 1.82) is 0 Å². The maximum absolute atomic E-state index is 6.13. The molecule has 6 nitrogen and oxygen atoms in total. The summed E-state index contributed by atoms with van der Waals surface area (Å²) in [7, 11) is 3.64. The van der Waals surface area contributed by atoms with Crippen LogP contribution in [-0.4, -0.2) is 63.5 Å². The van der Waals surface area contributed by atoms with Crippen molar-refractivity contribution in [3.63, 3.8) is 0 Å². The highest BCUT2D eigenvalue weighted by Gasteiger charge is 2.18. The monoisotopic (exact) mass is 413 g/mol. The summed E-state index contributed by atoms with van der Waals surface area (Å²) in [4.78, 5) is 7.31. The molecule has 0 radical (unpaired) electrons. The van der Waals surface area contributed by atoms with Crippen LogP contribution in [0.3, 0.4) is 0 Å². The smallest absolute Gasteiger partial charge is 0.163 e. The number of rotatable bonds is 9. The molecular formula is C24H35N3O3. The van der Waals surface area contributed by atoms with Crippen LogP contribution in [0, 0.1) is 5.92 Å². The maximum atomic E-state index is 6.13. The van der Waals surface area contributed by atoms with Gasteiger partial charge >= 0.3 is 0 Å². The number of fused-ring (bicyclic) bond motifs is 1. The number of hydrogen-bond donors (Lipinski definition) is 1. The van der Waals surface area contributed by atoms with Crippen molar-refractivity contribution in [2.75, 3.05) is 58.9 Å². The van der Waals surface area contributed by atoms with Gasteiger partial charge in [0.15, 0.2) is 11.5 Å². The normalized spacial score (nSPS) is 18.1. The average molecular weight is 414 g/mol. The molecule has 0 saturated carbocycles. The molecule has 0 atom stereocenters. The first-order chi connectivity index (χ1) is 14.8. The van der Waals surface area contributed by atoms with Gasteiger partial charge in [-0.3, -0.25) is 0 Å². The highest BCUT2D eigenvalue weighted by molar-refractivity contribution is 5.87. The van der Waals surface area contributed by atoms with Gasteiger partial charge < -0.3 is 24.4 Å². The fourth-order valence-electron chi connectivity index (χ4n) is 4.61. The summed E-state index contributed by atoms with van der Waals surface area (Å²) in [5.74, 6) is 3.12. The fourth-order valence-corrected chi connectivity index (χ4v) is 4.61. The Kier molecular flexibility index (Phi) is 7.28. The van der Waals surface area contributed by atoms with Crippen LogP contribution in [0.2, 0.25) is 0 Å². The third-order valence-corrected chi connectivity index (χ3v) is 6.36. The number of pyridine rings is 1. The third-order valence-electron chi connectivity index (χ3n) is 6.36. The summed E-state index contributed by atoms with van der Waals surface area (Å²) in [6.45, 7) is 5.99. The van der Waals surface area contributed by atoms with Crippen molar-refractivity contribution < 1.29 is 14.2 Å². The van der Waals surface area contributed by atoms with Gasteiger partial charge in [0.05, 0.1) is 19.2 Å². The number of nitrogens with one attached hydrogen (secondary N) is 1. The molecule has 1 N–H and O–H groups in total. The minimum atomic E-state index is 0.654. The van der Waals surface area contributed by atoms with Crippen molar-refractivity contribution in [3.8, 4) is 11.5 Å². The zero-order valence-corrected chi connectivity index (χ0v) is 18.4. The third kappa shape index (κ3) is 5.16. The summed E-state index contributed by atoms with van der Waals surface area (Å²) in [6, 6.07) is 6.32. The van der Waals surface area contributed by atoms with Gasteiger partial charge in [-0.05, 0) is 75.2 Å². The van der Waals surface area contributed by atoms with E-state index in [2.05, 4.69) is 22.3 Å². The highest BCUT2D eigenvalue weighted by Crippen LogP contribution is 2.35. The second kappa shape index (κ2) is 10.3. The van der Waals surface area contributed by atoms with E-state index < -0.39 is 0 Å². The van der Waals surface area contributed by atoms with E-state index in [1.807, 2.05) is 13.1 Å². The molecule has 1 aromatic carbocycles. The van der Waals surface area contributed by atoms with E-state index in [1.165, 1.54) is 31.5 Å². The number of nitrogens with zero attached hydrogens (tertiary/aromatic N) is 2. The Morgan fingerprint density at radius 1 is 1.13 bits per heavy atom. The van der Waals surface area contributed by atoms with Gasteiger partial charge in [-0.15, -0.1) is 0 Å². The van der Waals surface area contributed by atoms with Crippen molar-refractivity contribution in [1.82, 2.24) is 9.88 Å². The number of anilines is 1. The molecule has 1 aromatic heterocycles. The summed E-state index contributed by atoms with van der Waals surface area (Å²) < 4.78 is 17.4. The second-order valence-electron chi connectivity index (χ2n) is 8.45. The van der Waals surface area contributed by atoms with Gasteiger partial charge in [-0.1, -0.05) is 0 Å². The van der Waals surface area contributed by atoms with Crippen molar-refractivity contribution >= 4 is 16.7 Å². The molecule has 164 valence electrons. The molecule has 2 fully saturated rings. The molecule has 30 heavy (non-hydrogen) atoms. The lowest BCUT2D eigenvalue weighted by molar-refractivity contribution is 0.0666. The summed E-state index contributed by atoms with van der Waals surface area (Å²) >= 11 is 0. The molecule has 2 aromatic rings. The average Bonchev–Trinajstić information content (AvgIpc) is 3.30. The van der Waals surface area contributed by atoms with Crippen LogP contribution in [0.25, 0.3) is 10.9 Å². The van der Waals surface area contributed by atoms with E-state index in [0.29, 0.717) is 12.5 Å². The highest BCUT2D eigenvalue weighted by atomic mass is 16.5. The predicted molar refractivity (Wildman–Crippen MR) is 121 cm³/mol. The first-order valence-electron chi connectivity index (χ1n) is 11.4. The van der Waals surface area contributed by atoms with Gasteiger partial charge in [-0.2, -0.15) is 0 Å². The number of methoxy groups -OCH3 is 1. The van der Waals surface area contributed by atoms with Crippen LogP contribution in [0.5, 0.6) is 11.5 Å². The molecule has 2 aliphatic heterocycles. The molecular weight excluding hydrogens is 378 g/mol. The molecule has 0 aliphatic carbocycles. The summed E-state index contributed by atoms with van der Waals surface area (Å²) in [5.41, 5.74) is 2.27. The van der Waals surface area contributed by atoms with Crippen LogP contribution >= 0.6 is 0 Å². The van der Waals surface area contributed by atoms with E-state index in [-0.39, 0.29) is 0 Å². The molecule has 0 amide bonds. The van der Waals surface area contributed by atoms with Crippen LogP contribution in [-0.2, 0) is 11.2 Å². The Hall–Kier alpha value is -2.05. The number of ether oxygens (including phenoxy) is 3. The molecule has 0 spiro atoms. The minimum absolute atomic E-state index is 0.654. The molecule has 2 saturated heterocycles.